The summed E-state index contributed by atoms with van der Waals surface area (Å²) in [6.45, 7) is -0.674. The van der Waals surface area contributed by atoms with Gasteiger partial charge >= 0.3 is 6.18 Å². The molecule has 1 aromatic heterocycles. The van der Waals surface area contributed by atoms with Crippen LogP contribution in [0.25, 0.3) is 0 Å². The van der Waals surface area contributed by atoms with Gasteiger partial charge in [-0.1, -0.05) is 0 Å². The van der Waals surface area contributed by atoms with Gasteiger partial charge in [-0.2, -0.15) is 17.5 Å². The molecule has 25 heavy (non-hydrogen) atoms. The van der Waals surface area contributed by atoms with Gasteiger partial charge in [0, 0.05) is 25.2 Å². The van der Waals surface area contributed by atoms with Crippen molar-refractivity contribution in [3.63, 3.8) is 0 Å². The Morgan fingerprint density at radius 2 is 2.00 bits per heavy atom. The first kappa shape index (κ1) is 20.2. The molecule has 0 bridgehead atoms. The van der Waals surface area contributed by atoms with Crippen LogP contribution >= 0.6 is 12.4 Å². The van der Waals surface area contributed by atoms with E-state index in [9.17, 15) is 21.6 Å². The number of hydrogen-bond donors (Lipinski definition) is 1. The van der Waals surface area contributed by atoms with Crippen LogP contribution in [0.4, 0.5) is 13.2 Å². The second-order valence-corrected chi connectivity index (χ2v) is 8.16. The molecule has 6 nitrogen and oxygen atoms in total. The average Bonchev–Trinajstić information content (AvgIpc) is 3.08. The zero-order valence-electron chi connectivity index (χ0n) is 13.1. The number of sulfonamides is 1. The number of pyridine rings is 1. The van der Waals surface area contributed by atoms with Crippen molar-refractivity contribution >= 4 is 22.4 Å². The topological polar surface area (TPSA) is 85.5 Å². The summed E-state index contributed by atoms with van der Waals surface area (Å²) in [7, 11) is -3.73. The van der Waals surface area contributed by atoms with Gasteiger partial charge in [-0.05, 0) is 30.7 Å². The summed E-state index contributed by atoms with van der Waals surface area (Å²) in [5, 5.41) is 0. The first-order valence-corrected chi connectivity index (χ1v) is 9.02. The standard InChI is InChI=1S/C14H18F3N3O3S.ClH/c15-14(16,17)8-23-13-4-2-10(5-19-13)24(21,22)20-6-9-1-3-12(18)11(9)7-20;/h2,4-5,9,11-12H,1,3,6-8,18H2;1H. The highest BCUT2D eigenvalue weighted by Gasteiger charge is 2.45. The van der Waals surface area contributed by atoms with Crippen LogP contribution in [0.15, 0.2) is 23.2 Å². The molecular weight excluding hydrogens is 383 g/mol. The van der Waals surface area contributed by atoms with E-state index < -0.39 is 22.8 Å². The van der Waals surface area contributed by atoms with Gasteiger partial charge in [0.15, 0.2) is 6.61 Å². The first-order chi connectivity index (χ1) is 11.2. The number of ether oxygens (including phenoxy) is 1. The zero-order chi connectivity index (χ0) is 17.5. The van der Waals surface area contributed by atoms with Crippen molar-refractivity contribution < 1.29 is 26.3 Å². The van der Waals surface area contributed by atoms with Crippen LogP contribution in [-0.4, -0.2) is 49.6 Å². The molecular formula is C14H19ClF3N3O3S. The quantitative estimate of drug-likeness (QED) is 0.831. The van der Waals surface area contributed by atoms with Crippen molar-refractivity contribution in [2.24, 2.45) is 17.6 Å². The van der Waals surface area contributed by atoms with Crippen LogP contribution in [0.2, 0.25) is 0 Å². The van der Waals surface area contributed by atoms with Gasteiger partial charge in [0.2, 0.25) is 15.9 Å². The van der Waals surface area contributed by atoms with Crippen molar-refractivity contribution in [2.45, 2.75) is 30.0 Å². The molecule has 1 aliphatic heterocycles. The number of fused-ring (bicyclic) bond motifs is 1. The highest BCUT2D eigenvalue weighted by molar-refractivity contribution is 7.89. The molecule has 2 N–H and O–H groups in total. The van der Waals surface area contributed by atoms with Crippen LogP contribution < -0.4 is 10.5 Å². The Balaban J connectivity index is 0.00000225. The van der Waals surface area contributed by atoms with Crippen molar-refractivity contribution in [1.29, 1.82) is 0 Å². The van der Waals surface area contributed by atoms with E-state index in [1.165, 1.54) is 10.4 Å². The normalized spacial score (nSPS) is 27.0. The fourth-order valence-corrected chi connectivity index (χ4v) is 4.85. The molecule has 3 atom stereocenters. The maximum Gasteiger partial charge on any atom is 0.422 e. The number of hydrogen-bond acceptors (Lipinski definition) is 5. The molecule has 3 rings (SSSR count). The zero-order valence-corrected chi connectivity index (χ0v) is 14.8. The van der Waals surface area contributed by atoms with E-state index in [0.717, 1.165) is 25.1 Å². The third-order valence-electron chi connectivity index (χ3n) is 4.61. The van der Waals surface area contributed by atoms with Gasteiger partial charge in [-0.3, -0.25) is 0 Å². The summed E-state index contributed by atoms with van der Waals surface area (Å²) in [6.07, 6.45) is -1.62. The number of alkyl halides is 3. The third-order valence-corrected chi connectivity index (χ3v) is 6.42. The molecule has 0 spiro atoms. The number of nitrogens with zero attached hydrogens (tertiary/aromatic N) is 2. The Morgan fingerprint density at radius 3 is 2.56 bits per heavy atom. The van der Waals surface area contributed by atoms with Crippen LogP contribution in [0.5, 0.6) is 5.88 Å². The Bertz CT molecular complexity index is 700. The summed E-state index contributed by atoms with van der Waals surface area (Å²) in [4.78, 5) is 3.59. The highest BCUT2D eigenvalue weighted by Crippen LogP contribution is 2.39. The van der Waals surface area contributed by atoms with Gasteiger partial charge in [0.1, 0.15) is 4.90 Å². The Morgan fingerprint density at radius 1 is 1.28 bits per heavy atom. The van der Waals surface area contributed by atoms with E-state index >= 15 is 0 Å². The molecule has 1 saturated carbocycles. The van der Waals surface area contributed by atoms with E-state index in [4.69, 9.17) is 5.73 Å². The van der Waals surface area contributed by atoms with Crippen molar-refractivity contribution in [3.05, 3.63) is 18.3 Å². The summed E-state index contributed by atoms with van der Waals surface area (Å²) < 4.78 is 67.4. The van der Waals surface area contributed by atoms with Crippen molar-refractivity contribution in [1.82, 2.24) is 9.29 Å². The average molecular weight is 402 g/mol. The van der Waals surface area contributed by atoms with Crippen LogP contribution in [0.1, 0.15) is 12.8 Å². The molecule has 1 aliphatic carbocycles. The molecule has 0 amide bonds. The predicted molar refractivity (Wildman–Crippen MR) is 86.0 cm³/mol. The van der Waals surface area contributed by atoms with E-state index in [1.807, 2.05) is 0 Å². The highest BCUT2D eigenvalue weighted by atomic mass is 35.5. The molecule has 0 radical (unpaired) electrons. The Hall–Kier alpha value is -1.10. The van der Waals surface area contributed by atoms with Gasteiger partial charge in [0.25, 0.3) is 0 Å². The molecule has 2 fully saturated rings. The SMILES string of the molecule is Cl.NC1CCC2CN(S(=O)(=O)c3ccc(OCC(F)(F)F)nc3)CC12. The maximum atomic E-state index is 12.6. The smallest absolute Gasteiger partial charge is 0.422 e. The lowest BCUT2D eigenvalue weighted by molar-refractivity contribution is -0.154. The largest absolute Gasteiger partial charge is 0.468 e. The van der Waals surface area contributed by atoms with E-state index in [-0.39, 0.29) is 41.1 Å². The monoisotopic (exact) mass is 401 g/mol. The molecule has 3 unspecified atom stereocenters. The maximum absolute atomic E-state index is 12.6. The minimum atomic E-state index is -4.47. The predicted octanol–water partition coefficient (Wildman–Crippen LogP) is 1.80. The molecule has 1 saturated heterocycles. The van der Waals surface area contributed by atoms with Gasteiger partial charge in [-0.25, -0.2) is 13.4 Å². The molecule has 2 aliphatic rings. The minimum Gasteiger partial charge on any atom is -0.468 e. The fraction of sp³-hybridized carbons (Fsp3) is 0.643. The first-order valence-electron chi connectivity index (χ1n) is 7.58. The molecule has 11 heteroatoms. The van der Waals surface area contributed by atoms with Gasteiger partial charge in [0.05, 0.1) is 6.20 Å². The number of rotatable bonds is 4. The van der Waals surface area contributed by atoms with Crippen LogP contribution in [0.3, 0.4) is 0 Å². The minimum absolute atomic E-state index is 0. The van der Waals surface area contributed by atoms with Gasteiger partial charge < -0.3 is 10.5 Å². The third kappa shape index (κ3) is 4.36. The Labute approximate surface area is 150 Å². The summed E-state index contributed by atoms with van der Waals surface area (Å²) in [5.74, 6) is 0.172. The fourth-order valence-electron chi connectivity index (χ4n) is 3.37. The lowest BCUT2D eigenvalue weighted by atomic mass is 9.98. The lowest BCUT2D eigenvalue weighted by Gasteiger charge is -2.18. The summed E-state index contributed by atoms with van der Waals surface area (Å²) in [5.41, 5.74) is 6.01. The van der Waals surface area contributed by atoms with E-state index in [1.54, 1.807) is 0 Å². The summed E-state index contributed by atoms with van der Waals surface area (Å²) in [6, 6.07) is 2.36. The molecule has 0 aromatic carbocycles. The number of halogens is 4. The Kier molecular flexibility index (Phi) is 5.87. The number of aromatic nitrogens is 1. The second-order valence-electron chi connectivity index (χ2n) is 6.22. The lowest BCUT2D eigenvalue weighted by Crippen LogP contribution is -2.33. The summed E-state index contributed by atoms with van der Waals surface area (Å²) >= 11 is 0. The molecule has 142 valence electrons. The molecule has 2 heterocycles. The second kappa shape index (κ2) is 7.26. The van der Waals surface area contributed by atoms with Crippen LogP contribution in [-0.2, 0) is 10.0 Å². The van der Waals surface area contributed by atoms with Crippen molar-refractivity contribution in [2.75, 3.05) is 19.7 Å². The van der Waals surface area contributed by atoms with Crippen molar-refractivity contribution in [3.8, 4) is 5.88 Å². The van der Waals surface area contributed by atoms with E-state index in [2.05, 4.69) is 9.72 Å². The number of nitrogens with two attached hydrogens (primary N) is 1. The van der Waals surface area contributed by atoms with Crippen LogP contribution in [0, 0.1) is 11.8 Å². The molecule has 1 aromatic rings. The van der Waals surface area contributed by atoms with Gasteiger partial charge in [-0.15, -0.1) is 12.4 Å². The van der Waals surface area contributed by atoms with E-state index in [0.29, 0.717) is 13.1 Å².